The smallest absolute Gasteiger partial charge is 0.239 e. The first-order chi connectivity index (χ1) is 9.82. The maximum Gasteiger partial charge on any atom is 0.239 e. The fourth-order valence-electron chi connectivity index (χ4n) is 3.92. The van der Waals surface area contributed by atoms with E-state index in [1.54, 1.807) is 0 Å². The number of aliphatic hydroxyl groups is 1. The second kappa shape index (κ2) is 6.63. The lowest BCUT2D eigenvalue weighted by Gasteiger charge is -2.45. The van der Waals surface area contributed by atoms with Crippen molar-refractivity contribution in [1.82, 2.24) is 9.80 Å². The van der Waals surface area contributed by atoms with Gasteiger partial charge in [-0.2, -0.15) is 0 Å². The number of hydrogen-bond acceptors (Lipinski definition) is 4. The predicted molar refractivity (Wildman–Crippen MR) is 83.8 cm³/mol. The molecular weight excluding hydrogens is 266 g/mol. The highest BCUT2D eigenvalue weighted by Gasteiger charge is 2.42. The van der Waals surface area contributed by atoms with Crippen LogP contribution in [0.5, 0.6) is 0 Å². The highest BCUT2D eigenvalue weighted by atomic mass is 16.3. The molecule has 2 fully saturated rings. The fraction of sp³-hybridized carbons (Fsp3) is 0.938. The van der Waals surface area contributed by atoms with Crippen molar-refractivity contribution in [2.24, 2.45) is 11.7 Å². The van der Waals surface area contributed by atoms with Crippen LogP contribution in [0.1, 0.15) is 46.5 Å². The fourth-order valence-corrected chi connectivity index (χ4v) is 3.92. The van der Waals surface area contributed by atoms with Gasteiger partial charge in [0.05, 0.1) is 12.1 Å². The van der Waals surface area contributed by atoms with E-state index in [4.69, 9.17) is 5.73 Å². The van der Waals surface area contributed by atoms with Gasteiger partial charge in [0.15, 0.2) is 0 Å². The van der Waals surface area contributed by atoms with Crippen LogP contribution in [0, 0.1) is 5.92 Å². The summed E-state index contributed by atoms with van der Waals surface area (Å²) in [4.78, 5) is 16.5. The van der Waals surface area contributed by atoms with Crippen LogP contribution < -0.4 is 5.73 Å². The molecule has 0 aromatic rings. The molecule has 5 nitrogen and oxygen atoms in total. The zero-order valence-corrected chi connectivity index (χ0v) is 13.8. The minimum absolute atomic E-state index is 0.0707. The van der Waals surface area contributed by atoms with E-state index >= 15 is 0 Å². The lowest BCUT2D eigenvalue weighted by Crippen LogP contribution is -2.53. The van der Waals surface area contributed by atoms with Gasteiger partial charge in [-0.3, -0.25) is 4.79 Å². The molecule has 0 bridgehead atoms. The summed E-state index contributed by atoms with van der Waals surface area (Å²) in [5.74, 6) is 0.223. The van der Waals surface area contributed by atoms with Crippen molar-refractivity contribution in [1.29, 1.82) is 0 Å². The standard InChI is InChI=1S/C16H31N3O2/c1-10(2)18(4)12-5-6-15(13(9-12)11(3)20)19-8-7-14(17)16(19)21/h10-15,20H,5-9,17H2,1-4H3/t11?,12-,13+,14+,15+/m1/s1. The number of likely N-dealkylation sites (tertiary alicyclic amines) is 1. The SMILES string of the molecule is CC(O)[C@@H]1C[C@H](N(C)C(C)C)CC[C@@H]1N1CC[C@H](N)C1=O. The summed E-state index contributed by atoms with van der Waals surface area (Å²) in [6, 6.07) is 0.814. The number of nitrogens with zero attached hydrogens (tertiary/aromatic N) is 2. The van der Waals surface area contributed by atoms with Crippen molar-refractivity contribution in [2.75, 3.05) is 13.6 Å². The third-order valence-electron chi connectivity index (χ3n) is 5.53. The van der Waals surface area contributed by atoms with Gasteiger partial charge in [-0.15, -0.1) is 0 Å². The van der Waals surface area contributed by atoms with Crippen LogP contribution in [0.15, 0.2) is 0 Å². The Hall–Kier alpha value is -0.650. The molecule has 1 heterocycles. The normalized spacial score (nSPS) is 35.8. The van der Waals surface area contributed by atoms with Gasteiger partial charge in [-0.25, -0.2) is 0 Å². The molecule has 5 heteroatoms. The Kier molecular flexibility index (Phi) is 5.28. The van der Waals surface area contributed by atoms with E-state index < -0.39 is 0 Å². The zero-order chi connectivity index (χ0) is 15.7. The van der Waals surface area contributed by atoms with Crippen molar-refractivity contribution < 1.29 is 9.90 Å². The van der Waals surface area contributed by atoms with E-state index in [1.165, 1.54) is 0 Å². The molecule has 2 rings (SSSR count). The zero-order valence-electron chi connectivity index (χ0n) is 13.8. The van der Waals surface area contributed by atoms with E-state index in [9.17, 15) is 9.90 Å². The Bertz CT molecular complexity index is 373. The van der Waals surface area contributed by atoms with Crippen LogP contribution in [0.2, 0.25) is 0 Å². The van der Waals surface area contributed by atoms with Gasteiger partial charge >= 0.3 is 0 Å². The van der Waals surface area contributed by atoms with Crippen molar-refractivity contribution in [2.45, 2.75) is 76.7 Å². The number of rotatable bonds is 4. The molecule has 3 N–H and O–H groups in total. The molecule has 2 aliphatic rings. The highest BCUT2D eigenvalue weighted by molar-refractivity contribution is 5.84. The molecule has 21 heavy (non-hydrogen) atoms. The highest BCUT2D eigenvalue weighted by Crippen LogP contribution is 2.35. The minimum atomic E-state index is -0.386. The van der Waals surface area contributed by atoms with E-state index in [0.29, 0.717) is 12.1 Å². The molecule has 0 aromatic carbocycles. The average Bonchev–Trinajstić information content (AvgIpc) is 2.77. The lowest BCUT2D eigenvalue weighted by molar-refractivity contribution is -0.134. The molecule has 0 radical (unpaired) electrons. The van der Waals surface area contributed by atoms with Gasteiger partial charge in [-0.1, -0.05) is 0 Å². The van der Waals surface area contributed by atoms with Crippen LogP contribution in [-0.4, -0.2) is 64.7 Å². The van der Waals surface area contributed by atoms with Crippen LogP contribution in [-0.2, 0) is 4.79 Å². The van der Waals surface area contributed by atoms with Gasteiger partial charge in [0.25, 0.3) is 0 Å². The van der Waals surface area contributed by atoms with Gasteiger partial charge in [-0.05, 0) is 53.5 Å². The summed E-state index contributed by atoms with van der Waals surface area (Å²) in [7, 11) is 2.16. The first kappa shape index (κ1) is 16.7. The first-order valence-corrected chi connectivity index (χ1v) is 8.29. The van der Waals surface area contributed by atoms with Crippen molar-refractivity contribution in [3.63, 3.8) is 0 Å². The number of nitrogens with two attached hydrogens (primary N) is 1. The summed E-state index contributed by atoms with van der Waals surface area (Å²) in [5.41, 5.74) is 5.85. The van der Waals surface area contributed by atoms with Gasteiger partial charge in [0, 0.05) is 30.6 Å². The molecule has 1 aliphatic carbocycles. The van der Waals surface area contributed by atoms with Gasteiger partial charge in [0.2, 0.25) is 5.91 Å². The lowest BCUT2D eigenvalue weighted by atomic mass is 9.77. The van der Waals surface area contributed by atoms with E-state index in [2.05, 4.69) is 25.8 Å². The molecule has 122 valence electrons. The molecule has 1 saturated heterocycles. The minimum Gasteiger partial charge on any atom is -0.393 e. The number of carbonyl (C=O) groups excluding carboxylic acids is 1. The second-order valence-electron chi connectivity index (χ2n) is 7.12. The predicted octanol–water partition coefficient (Wildman–Crippen LogP) is 0.804. The second-order valence-corrected chi connectivity index (χ2v) is 7.12. The Labute approximate surface area is 128 Å². The number of amides is 1. The monoisotopic (exact) mass is 297 g/mol. The average molecular weight is 297 g/mol. The first-order valence-electron chi connectivity index (χ1n) is 8.29. The van der Waals surface area contributed by atoms with Crippen molar-refractivity contribution >= 4 is 5.91 Å². The molecule has 0 spiro atoms. The summed E-state index contributed by atoms with van der Waals surface area (Å²) >= 11 is 0. The van der Waals surface area contributed by atoms with Crippen LogP contribution in [0.3, 0.4) is 0 Å². The van der Waals surface area contributed by atoms with Crippen LogP contribution >= 0.6 is 0 Å². The Balaban J connectivity index is 2.09. The van der Waals surface area contributed by atoms with E-state index in [0.717, 1.165) is 32.2 Å². The van der Waals surface area contributed by atoms with Crippen molar-refractivity contribution in [3.8, 4) is 0 Å². The molecular formula is C16H31N3O2. The summed E-state index contributed by atoms with van der Waals surface area (Å²) in [5, 5.41) is 10.2. The van der Waals surface area contributed by atoms with Gasteiger partial charge < -0.3 is 20.6 Å². The van der Waals surface area contributed by atoms with Crippen LogP contribution in [0.4, 0.5) is 0 Å². The van der Waals surface area contributed by atoms with E-state index in [1.807, 2.05) is 11.8 Å². The number of carbonyl (C=O) groups is 1. The summed E-state index contributed by atoms with van der Waals surface area (Å²) < 4.78 is 0. The Morgan fingerprint density at radius 3 is 2.43 bits per heavy atom. The van der Waals surface area contributed by atoms with Crippen molar-refractivity contribution in [3.05, 3.63) is 0 Å². The Morgan fingerprint density at radius 2 is 1.95 bits per heavy atom. The molecule has 1 aliphatic heterocycles. The van der Waals surface area contributed by atoms with E-state index in [-0.39, 0.29) is 30.0 Å². The molecule has 5 atom stereocenters. The Morgan fingerprint density at radius 1 is 1.29 bits per heavy atom. The van der Waals surface area contributed by atoms with Crippen LogP contribution in [0.25, 0.3) is 0 Å². The number of aliphatic hydroxyl groups excluding tert-OH is 1. The summed E-state index contributed by atoms with van der Waals surface area (Å²) in [6.07, 6.45) is 3.37. The number of hydrogen-bond donors (Lipinski definition) is 2. The van der Waals surface area contributed by atoms with Gasteiger partial charge in [0.1, 0.15) is 0 Å². The third kappa shape index (κ3) is 3.41. The topological polar surface area (TPSA) is 69.8 Å². The maximum atomic E-state index is 12.2. The summed E-state index contributed by atoms with van der Waals surface area (Å²) in [6.45, 7) is 7.01. The molecule has 0 aromatic heterocycles. The molecule has 1 amide bonds. The largest absolute Gasteiger partial charge is 0.393 e. The molecule has 1 saturated carbocycles. The third-order valence-corrected chi connectivity index (χ3v) is 5.53. The molecule has 1 unspecified atom stereocenters. The quantitative estimate of drug-likeness (QED) is 0.805. The maximum absolute atomic E-state index is 12.2.